The van der Waals surface area contributed by atoms with Gasteiger partial charge in [0.1, 0.15) is 6.61 Å². The zero-order chi connectivity index (χ0) is 13.0. The van der Waals surface area contributed by atoms with Crippen molar-refractivity contribution in [3.05, 3.63) is 65.5 Å². The first-order valence-electron chi connectivity index (χ1n) is 5.33. The fourth-order valence-corrected chi connectivity index (χ4v) is 1.59. The molecule has 0 unspecified atom stereocenters. The van der Waals surface area contributed by atoms with Crippen molar-refractivity contribution in [2.24, 2.45) is 0 Å². The van der Waals surface area contributed by atoms with E-state index in [1.807, 2.05) is 30.3 Å². The summed E-state index contributed by atoms with van der Waals surface area (Å²) in [4.78, 5) is 10.8. The number of hydrogen-bond donors (Lipinski definition) is 0. The lowest BCUT2D eigenvalue weighted by molar-refractivity contribution is 0.108. The highest BCUT2D eigenvalue weighted by atomic mass is 35.5. The van der Waals surface area contributed by atoms with Crippen LogP contribution < -0.4 is 4.74 Å². The second kappa shape index (κ2) is 5.65. The molecule has 0 fully saturated rings. The number of hydrogen-bond acceptors (Lipinski definition) is 2. The highest BCUT2D eigenvalue weighted by Gasteiger charge is 2.08. The number of carbonyl (C=O) groups excluding carboxylic acids is 1. The predicted octanol–water partition coefficient (Wildman–Crippen LogP) is 3.78. The Morgan fingerprint density at radius 2 is 1.89 bits per heavy atom. The number of halogens is 2. The predicted molar refractivity (Wildman–Crippen MR) is 67.4 cm³/mol. The van der Waals surface area contributed by atoms with Crippen LogP contribution in [-0.2, 0) is 6.61 Å². The third kappa shape index (κ3) is 3.08. The molecule has 0 amide bonds. The maximum atomic E-state index is 13.6. The highest BCUT2D eigenvalue weighted by molar-refractivity contribution is 6.67. The van der Waals surface area contributed by atoms with E-state index in [0.717, 1.165) is 11.6 Å². The summed E-state index contributed by atoms with van der Waals surface area (Å²) in [6.07, 6.45) is 0. The van der Waals surface area contributed by atoms with E-state index in [-0.39, 0.29) is 17.9 Å². The summed E-state index contributed by atoms with van der Waals surface area (Å²) in [7, 11) is 0. The van der Waals surface area contributed by atoms with E-state index in [2.05, 4.69) is 0 Å². The third-order valence-electron chi connectivity index (χ3n) is 2.40. The molecule has 0 N–H and O–H groups in total. The lowest BCUT2D eigenvalue weighted by atomic mass is 10.2. The van der Waals surface area contributed by atoms with Gasteiger partial charge < -0.3 is 4.74 Å². The van der Waals surface area contributed by atoms with E-state index < -0.39 is 11.1 Å². The van der Waals surface area contributed by atoms with Crippen LogP contribution in [0.25, 0.3) is 0 Å². The molecular formula is C14H10ClFO2. The Bertz CT molecular complexity index is 555. The van der Waals surface area contributed by atoms with Crippen molar-refractivity contribution < 1.29 is 13.9 Å². The second-order valence-electron chi connectivity index (χ2n) is 3.69. The number of ether oxygens (including phenoxy) is 1. The van der Waals surface area contributed by atoms with Crippen molar-refractivity contribution in [3.8, 4) is 5.75 Å². The van der Waals surface area contributed by atoms with Gasteiger partial charge in [-0.2, -0.15) is 0 Å². The maximum Gasteiger partial charge on any atom is 0.252 e. The summed E-state index contributed by atoms with van der Waals surface area (Å²) in [5.74, 6) is -0.502. The zero-order valence-electron chi connectivity index (χ0n) is 9.40. The van der Waals surface area contributed by atoms with Crippen molar-refractivity contribution in [2.75, 3.05) is 0 Å². The molecule has 2 nitrogen and oxygen atoms in total. The minimum absolute atomic E-state index is 0.0977. The quantitative estimate of drug-likeness (QED) is 0.786. The van der Waals surface area contributed by atoms with Crippen LogP contribution in [0.4, 0.5) is 4.39 Å². The van der Waals surface area contributed by atoms with Crippen molar-refractivity contribution in [3.63, 3.8) is 0 Å². The van der Waals surface area contributed by atoms with Gasteiger partial charge in [0, 0.05) is 5.56 Å². The minimum atomic E-state index is -0.691. The largest absolute Gasteiger partial charge is 0.486 e. The molecule has 2 rings (SSSR count). The van der Waals surface area contributed by atoms with Crippen LogP contribution in [0.2, 0.25) is 0 Å². The molecule has 0 heterocycles. The standard InChI is InChI=1S/C14H10ClFO2/c15-14(17)11-6-7-13(12(16)8-11)18-9-10-4-2-1-3-5-10/h1-8H,9H2. The summed E-state index contributed by atoms with van der Waals surface area (Å²) >= 11 is 5.25. The summed E-state index contributed by atoms with van der Waals surface area (Å²) in [6.45, 7) is 0.270. The van der Waals surface area contributed by atoms with Crippen molar-refractivity contribution in [1.82, 2.24) is 0 Å². The van der Waals surface area contributed by atoms with Gasteiger partial charge in [-0.05, 0) is 35.4 Å². The summed E-state index contributed by atoms with van der Waals surface area (Å²) in [5.41, 5.74) is 1.05. The van der Waals surface area contributed by atoms with E-state index in [4.69, 9.17) is 16.3 Å². The molecule has 0 aliphatic carbocycles. The van der Waals surface area contributed by atoms with Gasteiger partial charge in [0.05, 0.1) is 0 Å². The Hall–Kier alpha value is -1.87. The van der Waals surface area contributed by atoms with Crippen LogP contribution in [0.3, 0.4) is 0 Å². The van der Waals surface area contributed by atoms with E-state index in [9.17, 15) is 9.18 Å². The molecule has 0 radical (unpaired) electrons. The van der Waals surface area contributed by atoms with Gasteiger partial charge in [-0.1, -0.05) is 30.3 Å². The highest BCUT2D eigenvalue weighted by Crippen LogP contribution is 2.20. The first kappa shape index (κ1) is 12.6. The maximum absolute atomic E-state index is 13.6. The molecule has 0 atom stereocenters. The van der Waals surface area contributed by atoms with E-state index >= 15 is 0 Å². The molecule has 0 aliphatic heterocycles. The Balaban J connectivity index is 2.08. The Morgan fingerprint density at radius 3 is 2.50 bits per heavy atom. The smallest absolute Gasteiger partial charge is 0.252 e. The molecule has 0 aromatic heterocycles. The van der Waals surface area contributed by atoms with Crippen LogP contribution in [0.1, 0.15) is 15.9 Å². The van der Waals surface area contributed by atoms with Gasteiger partial charge in [0.2, 0.25) is 0 Å². The van der Waals surface area contributed by atoms with Gasteiger partial charge in [-0.15, -0.1) is 0 Å². The number of carbonyl (C=O) groups is 1. The Kier molecular flexibility index (Phi) is 3.95. The fraction of sp³-hybridized carbons (Fsp3) is 0.0714. The molecule has 2 aromatic carbocycles. The lowest BCUT2D eigenvalue weighted by Crippen LogP contribution is -1.98. The first-order valence-corrected chi connectivity index (χ1v) is 5.71. The molecule has 0 aliphatic rings. The van der Waals surface area contributed by atoms with Gasteiger partial charge >= 0.3 is 0 Å². The van der Waals surface area contributed by atoms with Crippen LogP contribution in [0.15, 0.2) is 48.5 Å². The second-order valence-corrected chi connectivity index (χ2v) is 4.04. The molecule has 0 saturated carbocycles. The monoisotopic (exact) mass is 264 g/mol. The van der Waals surface area contributed by atoms with Crippen molar-refractivity contribution >= 4 is 16.8 Å². The van der Waals surface area contributed by atoms with E-state index in [0.29, 0.717) is 0 Å². The zero-order valence-corrected chi connectivity index (χ0v) is 10.2. The van der Waals surface area contributed by atoms with Crippen LogP contribution in [-0.4, -0.2) is 5.24 Å². The number of rotatable bonds is 4. The van der Waals surface area contributed by atoms with Crippen LogP contribution in [0, 0.1) is 5.82 Å². The minimum Gasteiger partial charge on any atom is -0.486 e. The summed E-state index contributed by atoms with van der Waals surface area (Å²) in [6, 6.07) is 13.3. The first-order chi connectivity index (χ1) is 8.66. The average molecular weight is 265 g/mol. The van der Waals surface area contributed by atoms with E-state index in [1.54, 1.807) is 0 Å². The molecule has 92 valence electrons. The molecule has 18 heavy (non-hydrogen) atoms. The normalized spacial score (nSPS) is 10.1. The summed E-state index contributed by atoms with van der Waals surface area (Å²) in [5, 5.41) is -0.691. The average Bonchev–Trinajstić information content (AvgIpc) is 2.38. The molecule has 0 spiro atoms. The summed E-state index contributed by atoms with van der Waals surface area (Å²) < 4.78 is 18.9. The molecular weight excluding hydrogens is 255 g/mol. The van der Waals surface area contributed by atoms with Crippen LogP contribution >= 0.6 is 11.6 Å². The fourth-order valence-electron chi connectivity index (χ4n) is 1.48. The van der Waals surface area contributed by atoms with Crippen molar-refractivity contribution in [2.45, 2.75) is 6.61 Å². The topological polar surface area (TPSA) is 26.3 Å². The molecule has 0 bridgehead atoms. The molecule has 0 saturated heterocycles. The third-order valence-corrected chi connectivity index (χ3v) is 2.61. The van der Waals surface area contributed by atoms with Crippen molar-refractivity contribution in [1.29, 1.82) is 0 Å². The van der Waals surface area contributed by atoms with Gasteiger partial charge in [0.15, 0.2) is 11.6 Å². The SMILES string of the molecule is O=C(Cl)c1ccc(OCc2ccccc2)c(F)c1. The van der Waals surface area contributed by atoms with Gasteiger partial charge in [0.25, 0.3) is 5.24 Å². The Morgan fingerprint density at radius 1 is 1.17 bits per heavy atom. The number of benzene rings is 2. The molecule has 4 heteroatoms. The molecule has 2 aromatic rings. The Labute approximate surface area is 109 Å². The van der Waals surface area contributed by atoms with E-state index in [1.165, 1.54) is 12.1 Å². The van der Waals surface area contributed by atoms with Gasteiger partial charge in [-0.3, -0.25) is 4.79 Å². The van der Waals surface area contributed by atoms with Gasteiger partial charge in [-0.25, -0.2) is 4.39 Å². The lowest BCUT2D eigenvalue weighted by Gasteiger charge is -2.07. The van der Waals surface area contributed by atoms with Crippen LogP contribution in [0.5, 0.6) is 5.75 Å².